The highest BCUT2D eigenvalue weighted by Gasteiger charge is 2.36. The topological polar surface area (TPSA) is 101 Å². The van der Waals surface area contributed by atoms with E-state index in [1.807, 2.05) is 0 Å². The average Bonchev–Trinajstić information content (AvgIpc) is 2.73. The summed E-state index contributed by atoms with van der Waals surface area (Å²) in [4.78, 5) is 34.5. The van der Waals surface area contributed by atoms with Gasteiger partial charge in [0.1, 0.15) is 6.04 Å². The van der Waals surface area contributed by atoms with Crippen molar-refractivity contribution in [1.82, 2.24) is 4.90 Å². The van der Waals surface area contributed by atoms with Crippen molar-refractivity contribution in [1.29, 1.82) is 0 Å². The van der Waals surface area contributed by atoms with Crippen LogP contribution in [-0.4, -0.2) is 32.8 Å². The van der Waals surface area contributed by atoms with Crippen molar-refractivity contribution in [2.75, 3.05) is 0 Å². The predicted octanol–water partition coefficient (Wildman–Crippen LogP) is 1.48. The fraction of sp³-hybridized carbons (Fsp3) is 0.385. The van der Waals surface area contributed by atoms with E-state index in [4.69, 9.17) is 5.11 Å². The van der Waals surface area contributed by atoms with E-state index in [-0.39, 0.29) is 31.0 Å². The van der Waals surface area contributed by atoms with Crippen molar-refractivity contribution < 1.29 is 19.6 Å². The van der Waals surface area contributed by atoms with Crippen LogP contribution in [-0.2, 0) is 16.1 Å². The summed E-state index contributed by atoms with van der Waals surface area (Å²) in [5, 5.41) is 20.0. The molecule has 2 rings (SSSR count). The zero-order chi connectivity index (χ0) is 14.9. The molecule has 1 aromatic rings. The largest absolute Gasteiger partial charge is 0.480 e. The highest BCUT2D eigenvalue weighted by atomic mass is 16.6. The summed E-state index contributed by atoms with van der Waals surface area (Å²) >= 11 is 0. The molecule has 1 fully saturated rings. The number of carboxylic acid groups (broad SMARTS) is 1. The van der Waals surface area contributed by atoms with E-state index in [1.54, 1.807) is 13.0 Å². The number of rotatable bonds is 4. The predicted molar refractivity (Wildman–Crippen MR) is 69.0 cm³/mol. The summed E-state index contributed by atoms with van der Waals surface area (Å²) in [5.74, 6) is -1.28. The summed E-state index contributed by atoms with van der Waals surface area (Å²) in [6.07, 6.45) is 0.479. The number of nitro groups is 1. The Morgan fingerprint density at radius 3 is 2.85 bits per heavy atom. The summed E-state index contributed by atoms with van der Waals surface area (Å²) in [6, 6.07) is 3.75. The molecule has 0 aromatic heterocycles. The first kappa shape index (κ1) is 14.0. The number of benzene rings is 1. The Bertz CT molecular complexity index is 584. The van der Waals surface area contributed by atoms with E-state index in [1.165, 1.54) is 17.0 Å². The van der Waals surface area contributed by atoms with E-state index < -0.39 is 16.9 Å². The Balaban J connectivity index is 2.30. The minimum atomic E-state index is -1.04. The van der Waals surface area contributed by atoms with Gasteiger partial charge in [-0.15, -0.1) is 0 Å². The van der Waals surface area contributed by atoms with Crippen LogP contribution in [0.4, 0.5) is 5.69 Å². The molecule has 1 aliphatic heterocycles. The third kappa shape index (κ3) is 2.47. The molecule has 0 radical (unpaired) electrons. The highest BCUT2D eigenvalue weighted by molar-refractivity contribution is 5.87. The lowest BCUT2D eigenvalue weighted by Gasteiger charge is -2.22. The lowest BCUT2D eigenvalue weighted by Crippen LogP contribution is -2.38. The standard InChI is InChI=1S/C13H14N2O5/c1-8-9(3-2-4-10(8)15(19)20)7-14-11(13(17)18)5-6-12(14)16/h2-4,11H,5-7H2,1H3,(H,17,18). The number of likely N-dealkylation sites (tertiary alicyclic amines) is 1. The molecular weight excluding hydrogens is 264 g/mol. The number of nitrogens with zero attached hydrogens (tertiary/aromatic N) is 2. The molecule has 20 heavy (non-hydrogen) atoms. The SMILES string of the molecule is Cc1c(CN2C(=O)CCC2C(=O)O)cccc1[N+](=O)[O-]. The molecule has 0 bridgehead atoms. The molecule has 1 unspecified atom stereocenters. The first-order valence-corrected chi connectivity index (χ1v) is 6.17. The molecule has 0 aliphatic carbocycles. The molecule has 1 N–H and O–H groups in total. The summed E-state index contributed by atoms with van der Waals surface area (Å²) in [5.41, 5.74) is 1.03. The van der Waals surface area contributed by atoms with E-state index >= 15 is 0 Å². The fourth-order valence-electron chi connectivity index (χ4n) is 2.41. The third-order valence-corrected chi connectivity index (χ3v) is 3.57. The van der Waals surface area contributed by atoms with Gasteiger partial charge in [-0.25, -0.2) is 4.79 Å². The number of carbonyl (C=O) groups excluding carboxylic acids is 1. The Morgan fingerprint density at radius 1 is 1.55 bits per heavy atom. The number of nitro benzene ring substituents is 1. The molecule has 1 amide bonds. The van der Waals surface area contributed by atoms with Gasteiger partial charge >= 0.3 is 5.97 Å². The number of hydrogen-bond acceptors (Lipinski definition) is 4. The quantitative estimate of drug-likeness (QED) is 0.664. The van der Waals surface area contributed by atoms with Crippen LogP contribution in [0.15, 0.2) is 18.2 Å². The van der Waals surface area contributed by atoms with Crippen LogP contribution in [0.1, 0.15) is 24.0 Å². The van der Waals surface area contributed by atoms with E-state index in [0.717, 1.165) is 0 Å². The molecule has 106 valence electrons. The lowest BCUT2D eigenvalue weighted by atomic mass is 10.1. The van der Waals surface area contributed by atoms with Crippen LogP contribution >= 0.6 is 0 Å². The molecule has 1 heterocycles. The zero-order valence-corrected chi connectivity index (χ0v) is 10.9. The first-order valence-electron chi connectivity index (χ1n) is 6.17. The van der Waals surface area contributed by atoms with Crippen LogP contribution in [0.5, 0.6) is 0 Å². The molecular formula is C13H14N2O5. The van der Waals surface area contributed by atoms with Crippen LogP contribution in [0.25, 0.3) is 0 Å². The number of hydrogen-bond donors (Lipinski definition) is 1. The van der Waals surface area contributed by atoms with Gasteiger partial charge in [0, 0.05) is 24.6 Å². The van der Waals surface area contributed by atoms with Gasteiger partial charge in [-0.2, -0.15) is 0 Å². The Labute approximate surface area is 115 Å². The maximum Gasteiger partial charge on any atom is 0.326 e. The number of carbonyl (C=O) groups is 2. The van der Waals surface area contributed by atoms with Gasteiger partial charge in [0.15, 0.2) is 0 Å². The minimum absolute atomic E-state index is 0.0268. The van der Waals surface area contributed by atoms with Gasteiger partial charge in [-0.3, -0.25) is 14.9 Å². The second-order valence-corrected chi connectivity index (χ2v) is 4.73. The molecule has 1 saturated heterocycles. The molecule has 0 saturated carbocycles. The second-order valence-electron chi connectivity index (χ2n) is 4.73. The van der Waals surface area contributed by atoms with Gasteiger partial charge in [0.05, 0.1) is 4.92 Å². The summed E-state index contributed by atoms with van der Waals surface area (Å²) < 4.78 is 0. The smallest absolute Gasteiger partial charge is 0.326 e. The Kier molecular flexibility index (Phi) is 3.69. The number of aliphatic carboxylic acids is 1. The average molecular weight is 278 g/mol. The second kappa shape index (κ2) is 5.28. The maximum atomic E-state index is 11.8. The van der Waals surface area contributed by atoms with Crippen LogP contribution < -0.4 is 0 Å². The van der Waals surface area contributed by atoms with Crippen molar-refractivity contribution in [2.24, 2.45) is 0 Å². The molecule has 1 atom stereocenters. The van der Waals surface area contributed by atoms with Crippen molar-refractivity contribution in [3.63, 3.8) is 0 Å². The summed E-state index contributed by atoms with van der Waals surface area (Å²) in [6.45, 7) is 1.69. The van der Waals surface area contributed by atoms with Crippen molar-refractivity contribution in [2.45, 2.75) is 32.4 Å². The van der Waals surface area contributed by atoms with E-state index in [9.17, 15) is 19.7 Å². The van der Waals surface area contributed by atoms with E-state index in [2.05, 4.69) is 0 Å². The van der Waals surface area contributed by atoms with Crippen molar-refractivity contribution in [3.8, 4) is 0 Å². The zero-order valence-electron chi connectivity index (χ0n) is 10.9. The van der Waals surface area contributed by atoms with Gasteiger partial charge in [-0.05, 0) is 18.9 Å². The van der Waals surface area contributed by atoms with Crippen molar-refractivity contribution >= 4 is 17.6 Å². The minimum Gasteiger partial charge on any atom is -0.480 e. The number of carboxylic acids is 1. The van der Waals surface area contributed by atoms with Gasteiger partial charge in [0.25, 0.3) is 5.69 Å². The molecule has 0 spiro atoms. The van der Waals surface area contributed by atoms with Crippen molar-refractivity contribution in [3.05, 3.63) is 39.4 Å². The van der Waals surface area contributed by atoms with Gasteiger partial charge in [-0.1, -0.05) is 12.1 Å². The third-order valence-electron chi connectivity index (χ3n) is 3.57. The van der Waals surface area contributed by atoms with Crippen LogP contribution in [0.3, 0.4) is 0 Å². The molecule has 1 aromatic carbocycles. The van der Waals surface area contributed by atoms with Gasteiger partial charge in [0.2, 0.25) is 5.91 Å². The first-order chi connectivity index (χ1) is 9.41. The van der Waals surface area contributed by atoms with Gasteiger partial charge < -0.3 is 10.0 Å². The molecule has 7 heteroatoms. The highest BCUT2D eigenvalue weighted by Crippen LogP contribution is 2.26. The van der Waals surface area contributed by atoms with Crippen LogP contribution in [0.2, 0.25) is 0 Å². The fourth-order valence-corrected chi connectivity index (χ4v) is 2.41. The Morgan fingerprint density at radius 2 is 2.25 bits per heavy atom. The number of amides is 1. The maximum absolute atomic E-state index is 11.8. The van der Waals surface area contributed by atoms with Crippen LogP contribution in [0, 0.1) is 17.0 Å². The summed E-state index contributed by atoms with van der Waals surface area (Å²) in [7, 11) is 0. The lowest BCUT2D eigenvalue weighted by molar-refractivity contribution is -0.385. The normalized spacial score (nSPS) is 18.4. The van der Waals surface area contributed by atoms with E-state index in [0.29, 0.717) is 11.1 Å². The molecule has 7 nitrogen and oxygen atoms in total. The monoisotopic (exact) mass is 278 g/mol. The molecule has 1 aliphatic rings. The Hall–Kier alpha value is -2.44.